The number of nitrogens with two attached hydrogens (primary N) is 1. The quantitative estimate of drug-likeness (QED) is 0.886. The van der Waals surface area contributed by atoms with Gasteiger partial charge < -0.3 is 15.4 Å². The van der Waals surface area contributed by atoms with Crippen molar-refractivity contribution in [1.82, 2.24) is 0 Å². The van der Waals surface area contributed by atoms with Crippen LogP contribution in [-0.2, 0) is 11.2 Å². The van der Waals surface area contributed by atoms with E-state index in [-0.39, 0.29) is 11.7 Å². The van der Waals surface area contributed by atoms with Crippen molar-refractivity contribution in [1.29, 1.82) is 0 Å². The van der Waals surface area contributed by atoms with E-state index in [0.717, 1.165) is 24.1 Å². The molecule has 23 heavy (non-hydrogen) atoms. The van der Waals surface area contributed by atoms with Crippen LogP contribution >= 0.6 is 0 Å². The van der Waals surface area contributed by atoms with Gasteiger partial charge in [0.1, 0.15) is 0 Å². The Balaban J connectivity index is 1.82. The third-order valence-corrected chi connectivity index (χ3v) is 4.04. The molecule has 0 spiro atoms. The summed E-state index contributed by atoms with van der Waals surface area (Å²) in [5.74, 6) is -0.589. The molecule has 120 valence electrons. The largest absolute Gasteiger partial charge is 0.478 e. The average Bonchev–Trinajstić information content (AvgIpc) is 2.56. The summed E-state index contributed by atoms with van der Waals surface area (Å²) >= 11 is 0. The van der Waals surface area contributed by atoms with Crippen LogP contribution in [0.1, 0.15) is 18.9 Å². The van der Waals surface area contributed by atoms with Gasteiger partial charge in [-0.1, -0.05) is 18.2 Å². The molecule has 1 aliphatic rings. The van der Waals surface area contributed by atoms with E-state index in [2.05, 4.69) is 0 Å². The Morgan fingerprint density at radius 2 is 2.04 bits per heavy atom. The molecule has 0 radical (unpaired) electrons. The van der Waals surface area contributed by atoms with Crippen LogP contribution in [0.15, 0.2) is 42.5 Å². The zero-order valence-electron chi connectivity index (χ0n) is 13.0. The second-order valence-electron chi connectivity index (χ2n) is 5.63. The highest BCUT2D eigenvalue weighted by atomic mass is 19.1. The van der Waals surface area contributed by atoms with Gasteiger partial charge in [-0.2, -0.15) is 0 Å². The van der Waals surface area contributed by atoms with Crippen molar-refractivity contribution in [2.75, 3.05) is 17.2 Å². The van der Waals surface area contributed by atoms with Crippen LogP contribution in [0.25, 0.3) is 0 Å². The maximum absolute atomic E-state index is 13.7. The molecule has 0 saturated heterocycles. The summed E-state index contributed by atoms with van der Waals surface area (Å²) in [6.45, 7) is 2.25. The van der Waals surface area contributed by atoms with Gasteiger partial charge in [0.2, 0.25) is 0 Å². The summed E-state index contributed by atoms with van der Waals surface area (Å²) in [5.41, 5.74) is 8.52. The van der Waals surface area contributed by atoms with Gasteiger partial charge in [-0.25, -0.2) is 4.39 Å². The Hall–Kier alpha value is -2.56. The Morgan fingerprint density at radius 3 is 2.83 bits per heavy atom. The number of fused-ring (bicyclic) bond motifs is 1. The van der Waals surface area contributed by atoms with Gasteiger partial charge in [-0.05, 0) is 49.6 Å². The van der Waals surface area contributed by atoms with E-state index in [1.54, 1.807) is 24.0 Å². The topological polar surface area (TPSA) is 55.6 Å². The second-order valence-corrected chi connectivity index (χ2v) is 5.63. The number of hydrogen-bond donors (Lipinski definition) is 1. The molecule has 5 heteroatoms. The Bertz CT molecular complexity index is 733. The summed E-state index contributed by atoms with van der Waals surface area (Å²) in [6, 6.07) is 11.6. The Morgan fingerprint density at radius 1 is 1.26 bits per heavy atom. The second kappa shape index (κ2) is 6.28. The highest BCUT2D eigenvalue weighted by Gasteiger charge is 2.28. The first kappa shape index (κ1) is 15.3. The molecule has 1 heterocycles. The summed E-state index contributed by atoms with van der Waals surface area (Å²) < 4.78 is 19.2. The summed E-state index contributed by atoms with van der Waals surface area (Å²) in [7, 11) is 0. The summed E-state index contributed by atoms with van der Waals surface area (Å²) in [5, 5.41) is 0. The number of benzene rings is 2. The Kier molecular flexibility index (Phi) is 4.19. The van der Waals surface area contributed by atoms with E-state index in [9.17, 15) is 9.18 Å². The molecule has 0 saturated carbocycles. The molecule has 0 fully saturated rings. The molecule has 0 bridgehead atoms. The average molecular weight is 314 g/mol. The van der Waals surface area contributed by atoms with Crippen molar-refractivity contribution in [3.8, 4) is 5.75 Å². The first-order valence-electron chi connectivity index (χ1n) is 7.68. The Labute approximate surface area is 134 Å². The molecule has 1 unspecified atom stereocenters. The highest BCUT2D eigenvalue weighted by molar-refractivity contribution is 5.98. The minimum atomic E-state index is -0.778. The van der Waals surface area contributed by atoms with Crippen LogP contribution in [0, 0.1) is 5.82 Å². The fourth-order valence-corrected chi connectivity index (χ4v) is 2.88. The van der Waals surface area contributed by atoms with Crippen molar-refractivity contribution < 1.29 is 13.9 Å². The lowest BCUT2D eigenvalue weighted by atomic mass is 9.99. The molecule has 1 amide bonds. The van der Waals surface area contributed by atoms with Gasteiger partial charge in [-0.3, -0.25) is 4.79 Å². The van der Waals surface area contributed by atoms with Crippen LogP contribution < -0.4 is 15.4 Å². The van der Waals surface area contributed by atoms with E-state index in [1.807, 2.05) is 18.2 Å². The number of para-hydroxylation sites is 1. The van der Waals surface area contributed by atoms with Crippen molar-refractivity contribution in [3.05, 3.63) is 53.8 Å². The zero-order chi connectivity index (χ0) is 16.4. The maximum Gasteiger partial charge on any atom is 0.267 e. The number of rotatable bonds is 3. The van der Waals surface area contributed by atoms with Crippen molar-refractivity contribution in [3.63, 3.8) is 0 Å². The van der Waals surface area contributed by atoms with E-state index in [1.165, 1.54) is 12.1 Å². The molecule has 1 aliphatic heterocycles. The van der Waals surface area contributed by atoms with Crippen LogP contribution in [-0.4, -0.2) is 18.6 Å². The normalized spacial score (nSPS) is 15.0. The molecule has 0 aromatic heterocycles. The molecule has 2 aromatic carbocycles. The van der Waals surface area contributed by atoms with E-state index < -0.39 is 11.9 Å². The number of anilines is 2. The minimum Gasteiger partial charge on any atom is -0.478 e. The lowest BCUT2D eigenvalue weighted by molar-refractivity contribution is -0.124. The number of carbonyl (C=O) groups is 1. The first-order chi connectivity index (χ1) is 11.1. The van der Waals surface area contributed by atoms with Gasteiger partial charge >= 0.3 is 0 Å². The predicted octanol–water partition coefficient (Wildman–Crippen LogP) is 3.15. The van der Waals surface area contributed by atoms with Crippen LogP contribution in [0.3, 0.4) is 0 Å². The van der Waals surface area contributed by atoms with Crippen LogP contribution in [0.2, 0.25) is 0 Å². The number of carbonyl (C=O) groups excluding carboxylic acids is 1. The smallest absolute Gasteiger partial charge is 0.267 e. The molecular weight excluding hydrogens is 295 g/mol. The van der Waals surface area contributed by atoms with Crippen LogP contribution in [0.4, 0.5) is 15.8 Å². The predicted molar refractivity (Wildman–Crippen MR) is 88.0 cm³/mol. The number of amides is 1. The molecule has 3 rings (SSSR count). The molecule has 0 aliphatic carbocycles. The molecule has 4 nitrogen and oxygen atoms in total. The van der Waals surface area contributed by atoms with Crippen molar-refractivity contribution in [2.45, 2.75) is 25.9 Å². The van der Waals surface area contributed by atoms with E-state index in [4.69, 9.17) is 10.5 Å². The third kappa shape index (κ3) is 2.99. The number of nitrogens with zero attached hydrogens (tertiary/aromatic N) is 1. The fraction of sp³-hybridized carbons (Fsp3) is 0.278. The number of nitrogen functional groups attached to an aromatic ring is 1. The molecular formula is C18H19FN2O2. The van der Waals surface area contributed by atoms with Gasteiger partial charge in [0.15, 0.2) is 17.7 Å². The number of ether oxygens (including phenoxy) is 1. The summed E-state index contributed by atoms with van der Waals surface area (Å²) in [6.07, 6.45) is 0.924. The van der Waals surface area contributed by atoms with Gasteiger partial charge in [0.05, 0.1) is 0 Å². The van der Waals surface area contributed by atoms with Gasteiger partial charge in [0.25, 0.3) is 5.91 Å². The number of halogens is 1. The lowest BCUT2D eigenvalue weighted by Gasteiger charge is -2.32. The summed E-state index contributed by atoms with van der Waals surface area (Å²) in [4.78, 5) is 14.4. The molecule has 1 atom stereocenters. The zero-order valence-corrected chi connectivity index (χ0v) is 13.0. The number of hydrogen-bond acceptors (Lipinski definition) is 3. The molecule has 2 N–H and O–H groups in total. The third-order valence-electron chi connectivity index (χ3n) is 4.04. The fourth-order valence-electron chi connectivity index (χ4n) is 2.88. The van der Waals surface area contributed by atoms with Gasteiger partial charge in [0, 0.05) is 17.9 Å². The lowest BCUT2D eigenvalue weighted by Crippen LogP contribution is -2.43. The van der Waals surface area contributed by atoms with E-state index in [0.29, 0.717) is 12.2 Å². The highest BCUT2D eigenvalue weighted by Crippen LogP contribution is 2.32. The SMILES string of the molecule is CC(Oc1ccccc1F)C(=O)N1CCCc2c(N)cccc21. The minimum absolute atomic E-state index is 0.0816. The standard InChI is InChI=1S/C18H19FN2O2/c1-12(23-17-10-3-2-7-14(17)19)18(22)21-11-5-6-13-15(20)8-4-9-16(13)21/h2-4,7-10,12H,5-6,11,20H2,1H3. The van der Waals surface area contributed by atoms with Crippen molar-refractivity contribution >= 4 is 17.3 Å². The molecule has 2 aromatic rings. The van der Waals surface area contributed by atoms with Crippen LogP contribution in [0.5, 0.6) is 5.75 Å². The van der Waals surface area contributed by atoms with E-state index >= 15 is 0 Å². The van der Waals surface area contributed by atoms with Gasteiger partial charge in [-0.15, -0.1) is 0 Å². The van der Waals surface area contributed by atoms with Crippen molar-refractivity contribution in [2.24, 2.45) is 0 Å². The monoisotopic (exact) mass is 314 g/mol. The maximum atomic E-state index is 13.7. The first-order valence-corrected chi connectivity index (χ1v) is 7.68.